The van der Waals surface area contributed by atoms with Crippen LogP contribution in [0.15, 0.2) is 29.5 Å². The lowest BCUT2D eigenvalue weighted by Gasteiger charge is -2.46. The van der Waals surface area contributed by atoms with E-state index in [4.69, 9.17) is 15.2 Å². The summed E-state index contributed by atoms with van der Waals surface area (Å²) in [4.78, 5) is 38.4. The molecule has 2 aromatic carbocycles. The summed E-state index contributed by atoms with van der Waals surface area (Å²) in [5, 5.41) is 64.5. The Morgan fingerprint density at radius 2 is 1.82 bits per heavy atom. The molecule has 38 heavy (non-hydrogen) atoms. The van der Waals surface area contributed by atoms with Crippen LogP contribution in [0.1, 0.15) is 40.9 Å². The number of Topliss-reactive ketones (excluding diaryl/α,β-unsaturated/α-hetero) is 2. The molecule has 0 spiro atoms. The van der Waals surface area contributed by atoms with Gasteiger partial charge in [0.1, 0.15) is 35.0 Å². The maximum absolute atomic E-state index is 13.9. The molecule has 0 aromatic heterocycles. The van der Waals surface area contributed by atoms with E-state index in [9.17, 15) is 45.0 Å². The fourth-order valence-electron chi connectivity index (χ4n) is 6.03. The lowest BCUT2D eigenvalue weighted by Crippen LogP contribution is -2.62. The first-order chi connectivity index (χ1) is 17.9. The molecule has 0 bridgehead atoms. The van der Waals surface area contributed by atoms with Crippen molar-refractivity contribution in [1.82, 2.24) is 0 Å². The van der Waals surface area contributed by atoms with Crippen molar-refractivity contribution < 1.29 is 54.5 Å². The van der Waals surface area contributed by atoms with Crippen molar-refractivity contribution in [3.63, 3.8) is 0 Å². The Morgan fingerprint density at radius 1 is 1.13 bits per heavy atom. The van der Waals surface area contributed by atoms with Gasteiger partial charge < -0.3 is 45.8 Å². The molecule has 1 saturated heterocycles. The molecule has 3 aliphatic rings. The molecule has 5 rings (SSSR count). The number of phenols is 2. The van der Waals surface area contributed by atoms with Crippen LogP contribution in [-0.4, -0.2) is 85.2 Å². The normalized spacial score (nSPS) is 33.3. The van der Waals surface area contributed by atoms with Gasteiger partial charge in [0, 0.05) is 25.0 Å². The third-order valence-electron chi connectivity index (χ3n) is 8.00. The van der Waals surface area contributed by atoms with E-state index in [1.165, 1.54) is 12.1 Å². The van der Waals surface area contributed by atoms with Crippen LogP contribution in [0.3, 0.4) is 0 Å². The first-order valence-corrected chi connectivity index (χ1v) is 11.9. The highest BCUT2D eigenvalue weighted by Crippen LogP contribution is 2.51. The van der Waals surface area contributed by atoms with E-state index in [2.05, 4.69) is 0 Å². The lowest BCUT2D eigenvalue weighted by atomic mass is 9.62. The number of rotatable bonds is 3. The standard InChI is InChI=1S/C26H27NO11/c1-8-18(29)13(28)7-14(38-8)11-4-3-9-5-10-6-12-20(31)22(33)17(25(27)36)24(35)26(12,37-2)23(34)16(10)21(32)15(9)19(11)30/h3-5,8,12-14,18,20,28-32,35H,6-7H2,1-2H3,(H2,27,36)/t8-,12+,13-,14-,18-,20-,26+/m1/s1. The van der Waals surface area contributed by atoms with Gasteiger partial charge in [-0.25, -0.2) is 0 Å². The predicted molar refractivity (Wildman–Crippen MR) is 128 cm³/mol. The SMILES string of the molecule is CO[C@]12C(=O)c3c(cc4ccc([C@H]5C[C@@H](O)[C@H](O)[C@@H](C)O5)c(O)c4c3O)C[C@H]1[C@@H](O)C(=O)C(C(N)=O)=C2O. The maximum atomic E-state index is 13.9. The topological polar surface area (TPSA) is 217 Å². The molecule has 2 aromatic rings. The van der Waals surface area contributed by atoms with Crippen molar-refractivity contribution >= 4 is 28.2 Å². The van der Waals surface area contributed by atoms with Crippen LogP contribution in [0.25, 0.3) is 10.8 Å². The van der Waals surface area contributed by atoms with Crippen molar-refractivity contribution in [3.05, 3.63) is 46.2 Å². The minimum atomic E-state index is -2.40. The smallest absolute Gasteiger partial charge is 0.255 e. The molecule has 1 heterocycles. The number of benzene rings is 2. The summed E-state index contributed by atoms with van der Waals surface area (Å²) in [5.74, 6) is -7.03. The number of ketones is 2. The van der Waals surface area contributed by atoms with Gasteiger partial charge in [-0.3, -0.25) is 14.4 Å². The summed E-state index contributed by atoms with van der Waals surface area (Å²) in [7, 11) is 1.04. The highest BCUT2D eigenvalue weighted by Gasteiger charge is 2.63. The predicted octanol–water partition coefficient (Wildman–Crippen LogP) is -0.196. The zero-order chi connectivity index (χ0) is 27.8. The third-order valence-corrected chi connectivity index (χ3v) is 8.00. The van der Waals surface area contributed by atoms with Crippen LogP contribution in [0.2, 0.25) is 0 Å². The number of primary amides is 1. The van der Waals surface area contributed by atoms with E-state index in [-0.39, 0.29) is 34.9 Å². The van der Waals surface area contributed by atoms with E-state index in [0.29, 0.717) is 5.39 Å². The molecule has 202 valence electrons. The number of aliphatic hydroxyl groups excluding tert-OH is 4. The number of hydrogen-bond acceptors (Lipinski definition) is 11. The largest absolute Gasteiger partial charge is 0.508 e. The summed E-state index contributed by atoms with van der Waals surface area (Å²) < 4.78 is 11.1. The summed E-state index contributed by atoms with van der Waals surface area (Å²) in [6, 6.07) is 4.58. The average molecular weight is 529 g/mol. The zero-order valence-corrected chi connectivity index (χ0v) is 20.4. The molecule has 0 radical (unpaired) electrons. The van der Waals surface area contributed by atoms with Crippen molar-refractivity contribution in [2.75, 3.05) is 7.11 Å². The number of aliphatic hydroxyl groups is 4. The molecular weight excluding hydrogens is 502 g/mol. The number of amides is 1. The number of nitrogens with two attached hydrogens (primary N) is 1. The first-order valence-electron chi connectivity index (χ1n) is 11.9. The van der Waals surface area contributed by atoms with Gasteiger partial charge in [-0.05, 0) is 24.3 Å². The second-order valence-corrected chi connectivity index (χ2v) is 9.96. The molecule has 8 N–H and O–H groups in total. The summed E-state index contributed by atoms with van der Waals surface area (Å²) >= 11 is 0. The first kappa shape index (κ1) is 26.1. The Balaban J connectivity index is 1.71. The van der Waals surface area contributed by atoms with E-state index in [1.54, 1.807) is 13.0 Å². The van der Waals surface area contributed by atoms with Crippen molar-refractivity contribution in [2.45, 2.75) is 55.9 Å². The summed E-state index contributed by atoms with van der Waals surface area (Å²) in [5.41, 5.74) is 1.95. The second-order valence-electron chi connectivity index (χ2n) is 9.96. The highest BCUT2D eigenvalue weighted by molar-refractivity contribution is 6.24. The third kappa shape index (κ3) is 3.31. The van der Waals surface area contributed by atoms with Gasteiger partial charge in [-0.15, -0.1) is 0 Å². The molecule has 12 heteroatoms. The van der Waals surface area contributed by atoms with E-state index >= 15 is 0 Å². The van der Waals surface area contributed by atoms with Crippen LogP contribution < -0.4 is 5.73 Å². The van der Waals surface area contributed by atoms with Crippen molar-refractivity contribution in [3.8, 4) is 11.5 Å². The summed E-state index contributed by atoms with van der Waals surface area (Å²) in [6.07, 6.45) is -5.98. The number of ether oxygens (including phenoxy) is 2. The molecular formula is C26H27NO11. The molecule has 0 saturated carbocycles. The number of phenolic OH excluding ortho intramolecular Hbond substituents is 2. The van der Waals surface area contributed by atoms with Gasteiger partial charge in [0.2, 0.25) is 11.6 Å². The van der Waals surface area contributed by atoms with Gasteiger partial charge in [-0.2, -0.15) is 0 Å². The lowest BCUT2D eigenvalue weighted by molar-refractivity contribution is -0.163. The average Bonchev–Trinajstić information content (AvgIpc) is 2.85. The van der Waals surface area contributed by atoms with Crippen LogP contribution in [-0.2, 0) is 25.5 Å². The van der Waals surface area contributed by atoms with Gasteiger partial charge in [0.05, 0.1) is 29.3 Å². The molecule has 1 fully saturated rings. The Morgan fingerprint density at radius 3 is 2.42 bits per heavy atom. The molecule has 12 nitrogen and oxygen atoms in total. The zero-order valence-electron chi connectivity index (χ0n) is 20.4. The molecule has 1 amide bonds. The number of aromatic hydroxyl groups is 2. The molecule has 7 atom stereocenters. The Labute approximate surface area is 215 Å². The van der Waals surface area contributed by atoms with Crippen LogP contribution in [0.4, 0.5) is 0 Å². The van der Waals surface area contributed by atoms with Crippen molar-refractivity contribution in [2.24, 2.45) is 11.7 Å². The van der Waals surface area contributed by atoms with E-state index < -0.39 is 82.3 Å². The monoisotopic (exact) mass is 529 g/mol. The Hall–Kier alpha value is -3.55. The highest BCUT2D eigenvalue weighted by atomic mass is 16.5. The minimum absolute atomic E-state index is 0.0375. The Bertz CT molecular complexity index is 1420. The number of carbonyl (C=O) groups is 3. The number of hydrogen-bond donors (Lipinski definition) is 7. The molecule has 0 unspecified atom stereocenters. The quantitative estimate of drug-likeness (QED) is 0.258. The van der Waals surface area contributed by atoms with Crippen LogP contribution in [0.5, 0.6) is 11.5 Å². The minimum Gasteiger partial charge on any atom is -0.508 e. The maximum Gasteiger partial charge on any atom is 0.255 e. The molecule has 2 aliphatic carbocycles. The van der Waals surface area contributed by atoms with Gasteiger partial charge in [0.15, 0.2) is 5.60 Å². The fourth-order valence-corrected chi connectivity index (χ4v) is 6.03. The molecule has 1 aliphatic heterocycles. The second kappa shape index (κ2) is 8.75. The van der Waals surface area contributed by atoms with Gasteiger partial charge in [0.25, 0.3) is 5.91 Å². The Kier molecular flexibility index (Phi) is 6.00. The van der Waals surface area contributed by atoms with Gasteiger partial charge in [-0.1, -0.05) is 18.2 Å². The van der Waals surface area contributed by atoms with Crippen LogP contribution in [0, 0.1) is 5.92 Å². The van der Waals surface area contributed by atoms with Crippen molar-refractivity contribution in [1.29, 1.82) is 0 Å². The van der Waals surface area contributed by atoms with Crippen LogP contribution >= 0.6 is 0 Å². The van der Waals surface area contributed by atoms with E-state index in [1.807, 2.05) is 0 Å². The number of carbonyl (C=O) groups excluding carboxylic acids is 3. The number of fused-ring (bicyclic) bond motifs is 3. The van der Waals surface area contributed by atoms with Gasteiger partial charge >= 0.3 is 0 Å². The van der Waals surface area contributed by atoms with E-state index in [0.717, 1.165) is 7.11 Å². The summed E-state index contributed by atoms with van der Waals surface area (Å²) in [6.45, 7) is 1.56. The number of methoxy groups -OCH3 is 1. The fraction of sp³-hybridized carbons (Fsp3) is 0.423.